The highest BCUT2D eigenvalue weighted by Crippen LogP contribution is 2.25. The van der Waals surface area contributed by atoms with E-state index in [2.05, 4.69) is 10.2 Å². The number of nitro groups is 1. The van der Waals surface area contributed by atoms with Crippen molar-refractivity contribution in [3.63, 3.8) is 0 Å². The number of rotatable bonds is 7. The van der Waals surface area contributed by atoms with Crippen molar-refractivity contribution in [2.24, 2.45) is 0 Å². The molecule has 3 rings (SSSR count). The fourth-order valence-electron chi connectivity index (χ4n) is 3.42. The minimum absolute atomic E-state index is 0.234. The second-order valence-electron chi connectivity index (χ2n) is 7.43. The van der Waals surface area contributed by atoms with Gasteiger partial charge in [-0.2, -0.15) is 0 Å². The molecule has 0 atom stereocenters. The number of ether oxygens (including phenoxy) is 1. The van der Waals surface area contributed by atoms with Gasteiger partial charge in [0.05, 0.1) is 10.5 Å². The number of sulfone groups is 1. The number of carbonyl (C=O) groups is 2. The van der Waals surface area contributed by atoms with Crippen LogP contribution in [0.4, 0.5) is 17.1 Å². The van der Waals surface area contributed by atoms with E-state index in [0.29, 0.717) is 5.69 Å². The average Bonchev–Trinajstić information content (AvgIpc) is 2.77. The summed E-state index contributed by atoms with van der Waals surface area (Å²) in [5, 5.41) is 13.8. The third-order valence-corrected chi connectivity index (χ3v) is 6.14. The van der Waals surface area contributed by atoms with Crippen molar-refractivity contribution in [1.29, 1.82) is 0 Å². The highest BCUT2D eigenvalue weighted by atomic mass is 32.2. The Morgan fingerprint density at radius 2 is 1.75 bits per heavy atom. The molecular formula is C21H23N3O7S. The fourth-order valence-corrected chi connectivity index (χ4v) is 4.25. The number of piperidine rings is 1. The van der Waals surface area contributed by atoms with Crippen molar-refractivity contribution in [2.45, 2.75) is 24.2 Å². The van der Waals surface area contributed by atoms with Crippen molar-refractivity contribution in [3.05, 3.63) is 58.1 Å². The van der Waals surface area contributed by atoms with E-state index in [1.165, 1.54) is 6.42 Å². The number of hydrogen-bond acceptors (Lipinski definition) is 8. The Labute approximate surface area is 185 Å². The van der Waals surface area contributed by atoms with Crippen molar-refractivity contribution < 1.29 is 27.7 Å². The number of nitrogens with zero attached hydrogens (tertiary/aromatic N) is 2. The molecule has 0 aliphatic carbocycles. The van der Waals surface area contributed by atoms with Crippen LogP contribution in [0.1, 0.15) is 29.6 Å². The van der Waals surface area contributed by atoms with Crippen LogP contribution in [0.15, 0.2) is 47.4 Å². The van der Waals surface area contributed by atoms with Crippen LogP contribution in [0.3, 0.4) is 0 Å². The molecule has 1 fully saturated rings. The monoisotopic (exact) mass is 461 g/mol. The molecule has 1 saturated heterocycles. The Hall–Kier alpha value is -3.47. The third-order valence-electron chi connectivity index (χ3n) is 5.00. The molecule has 11 heteroatoms. The lowest BCUT2D eigenvalue weighted by molar-refractivity contribution is -0.387. The maximum Gasteiger partial charge on any atom is 0.338 e. The van der Waals surface area contributed by atoms with Gasteiger partial charge in [-0.1, -0.05) is 0 Å². The SMILES string of the molecule is CS(=O)(=O)c1ccc(C(=O)OCC(=O)Nc2ccc(N3CCCCC3)cc2)cc1[N+](=O)[O-]. The van der Waals surface area contributed by atoms with Crippen LogP contribution < -0.4 is 10.2 Å². The van der Waals surface area contributed by atoms with Gasteiger partial charge < -0.3 is 15.0 Å². The van der Waals surface area contributed by atoms with E-state index in [1.54, 1.807) is 12.1 Å². The van der Waals surface area contributed by atoms with Crippen molar-refractivity contribution in [2.75, 3.05) is 36.2 Å². The predicted octanol–water partition coefficient (Wildman–Crippen LogP) is 2.78. The highest BCUT2D eigenvalue weighted by Gasteiger charge is 2.24. The number of carbonyl (C=O) groups excluding carboxylic acids is 2. The molecule has 0 aromatic heterocycles. The summed E-state index contributed by atoms with van der Waals surface area (Å²) in [5.41, 5.74) is 0.649. The van der Waals surface area contributed by atoms with Gasteiger partial charge in [-0.3, -0.25) is 14.9 Å². The van der Waals surface area contributed by atoms with Crippen LogP contribution in [0, 0.1) is 10.1 Å². The lowest BCUT2D eigenvalue weighted by Crippen LogP contribution is -2.29. The largest absolute Gasteiger partial charge is 0.452 e. The number of anilines is 2. The van der Waals surface area contributed by atoms with Crippen molar-refractivity contribution >= 4 is 38.8 Å². The Balaban J connectivity index is 1.58. The smallest absolute Gasteiger partial charge is 0.338 e. The van der Waals surface area contributed by atoms with Crippen LogP contribution >= 0.6 is 0 Å². The van der Waals surface area contributed by atoms with E-state index in [-0.39, 0.29) is 5.56 Å². The topological polar surface area (TPSA) is 136 Å². The van der Waals surface area contributed by atoms with Crippen LogP contribution in [-0.4, -0.2) is 51.2 Å². The van der Waals surface area contributed by atoms with Gasteiger partial charge in [0.25, 0.3) is 11.6 Å². The number of amides is 1. The second-order valence-corrected chi connectivity index (χ2v) is 9.41. The minimum Gasteiger partial charge on any atom is -0.452 e. The fraction of sp³-hybridized carbons (Fsp3) is 0.333. The summed E-state index contributed by atoms with van der Waals surface area (Å²) in [6, 6.07) is 10.2. The van der Waals surface area contributed by atoms with Crippen LogP contribution in [-0.2, 0) is 19.4 Å². The van der Waals surface area contributed by atoms with Gasteiger partial charge in [0.15, 0.2) is 16.4 Å². The Bertz CT molecular complexity index is 1120. The second kappa shape index (κ2) is 9.77. The molecular weight excluding hydrogens is 438 g/mol. The van der Waals surface area contributed by atoms with E-state index in [4.69, 9.17) is 4.74 Å². The third kappa shape index (κ3) is 5.82. The summed E-state index contributed by atoms with van der Waals surface area (Å²) in [6.07, 6.45) is 4.38. The molecule has 2 aromatic carbocycles. The van der Waals surface area contributed by atoms with Gasteiger partial charge in [-0.05, 0) is 55.7 Å². The van der Waals surface area contributed by atoms with Gasteiger partial charge >= 0.3 is 5.97 Å². The van der Waals surface area contributed by atoms with E-state index < -0.39 is 43.8 Å². The van der Waals surface area contributed by atoms with E-state index in [1.807, 2.05) is 12.1 Å². The van der Waals surface area contributed by atoms with Crippen LogP contribution in [0.25, 0.3) is 0 Å². The molecule has 1 aliphatic rings. The molecule has 0 saturated carbocycles. The van der Waals surface area contributed by atoms with Gasteiger partial charge in [-0.25, -0.2) is 13.2 Å². The quantitative estimate of drug-likeness (QED) is 0.378. The van der Waals surface area contributed by atoms with E-state index in [9.17, 15) is 28.1 Å². The minimum atomic E-state index is -3.85. The number of nitrogens with one attached hydrogen (secondary N) is 1. The first-order chi connectivity index (χ1) is 15.1. The Morgan fingerprint density at radius 1 is 1.09 bits per heavy atom. The molecule has 0 bridgehead atoms. The summed E-state index contributed by atoms with van der Waals surface area (Å²) in [7, 11) is -3.85. The van der Waals surface area contributed by atoms with Crippen molar-refractivity contribution in [3.8, 4) is 0 Å². The first-order valence-electron chi connectivity index (χ1n) is 9.95. The normalized spacial score (nSPS) is 14.0. The van der Waals surface area contributed by atoms with E-state index >= 15 is 0 Å². The molecule has 2 aromatic rings. The van der Waals surface area contributed by atoms with Gasteiger partial charge in [0.2, 0.25) is 0 Å². The van der Waals surface area contributed by atoms with E-state index in [0.717, 1.165) is 56.1 Å². The first-order valence-corrected chi connectivity index (χ1v) is 11.8. The maximum atomic E-state index is 12.2. The molecule has 32 heavy (non-hydrogen) atoms. The van der Waals surface area contributed by atoms with Gasteiger partial charge in [0.1, 0.15) is 4.90 Å². The summed E-state index contributed by atoms with van der Waals surface area (Å²) < 4.78 is 28.2. The standard InChI is InChI=1S/C21H23N3O7S/c1-32(29,30)19-10-5-15(13-18(19)24(27)28)21(26)31-14-20(25)22-16-6-8-17(9-7-16)23-11-3-2-4-12-23/h5-10,13H,2-4,11-12,14H2,1H3,(H,22,25). The number of benzene rings is 2. The average molecular weight is 461 g/mol. The zero-order chi connectivity index (χ0) is 23.3. The molecule has 0 unspecified atom stereocenters. The summed E-state index contributed by atoms with van der Waals surface area (Å²) >= 11 is 0. The van der Waals surface area contributed by atoms with Gasteiger partial charge in [-0.15, -0.1) is 0 Å². The molecule has 10 nitrogen and oxygen atoms in total. The summed E-state index contributed by atoms with van der Waals surface area (Å²) in [6.45, 7) is 1.41. The van der Waals surface area contributed by atoms with Crippen molar-refractivity contribution in [1.82, 2.24) is 0 Å². The predicted molar refractivity (Wildman–Crippen MR) is 118 cm³/mol. The zero-order valence-corrected chi connectivity index (χ0v) is 18.3. The molecule has 1 N–H and O–H groups in total. The molecule has 170 valence electrons. The summed E-state index contributed by atoms with van der Waals surface area (Å²) in [4.78, 5) is 36.3. The first kappa shape index (κ1) is 23.2. The lowest BCUT2D eigenvalue weighted by Gasteiger charge is -2.28. The molecule has 0 spiro atoms. The Kier molecular flexibility index (Phi) is 7.08. The van der Waals surface area contributed by atoms with Crippen LogP contribution in [0.5, 0.6) is 0 Å². The number of hydrogen-bond donors (Lipinski definition) is 1. The number of esters is 1. The molecule has 1 heterocycles. The maximum absolute atomic E-state index is 12.2. The van der Waals surface area contributed by atoms with Gasteiger partial charge in [0, 0.05) is 36.8 Å². The highest BCUT2D eigenvalue weighted by molar-refractivity contribution is 7.90. The molecule has 1 aliphatic heterocycles. The molecule has 1 amide bonds. The number of nitro benzene ring substituents is 1. The molecule has 0 radical (unpaired) electrons. The zero-order valence-electron chi connectivity index (χ0n) is 17.4. The Morgan fingerprint density at radius 3 is 2.34 bits per heavy atom. The van der Waals surface area contributed by atoms with Crippen LogP contribution in [0.2, 0.25) is 0 Å². The lowest BCUT2D eigenvalue weighted by atomic mass is 10.1. The summed E-state index contributed by atoms with van der Waals surface area (Å²) in [5.74, 6) is -1.56.